The Morgan fingerprint density at radius 1 is 0.750 bits per heavy atom. The number of halogens is 3. The van der Waals surface area contributed by atoms with E-state index in [9.17, 15) is 33.8 Å². The highest BCUT2D eigenvalue weighted by atomic mass is 35.5. The van der Waals surface area contributed by atoms with Crippen molar-refractivity contribution < 1.29 is 33.8 Å². The van der Waals surface area contributed by atoms with E-state index < -0.39 is 53.7 Å². The highest BCUT2D eigenvalue weighted by Gasteiger charge is 2.25. The maximum atomic E-state index is 13.4. The van der Waals surface area contributed by atoms with E-state index in [1.54, 1.807) is 29.6 Å². The first-order valence-electron chi connectivity index (χ1n) is 15.0. The van der Waals surface area contributed by atoms with Crippen molar-refractivity contribution in [1.29, 1.82) is 0 Å². The molecule has 0 spiro atoms. The van der Waals surface area contributed by atoms with E-state index in [0.717, 1.165) is 11.5 Å². The summed E-state index contributed by atoms with van der Waals surface area (Å²) in [5.74, 6) is -1.98. The zero-order chi connectivity index (χ0) is 36.6. The molecular weight excluding hydrogens is 706 g/mol. The average Bonchev–Trinajstić information content (AvgIpc) is 3.03. The summed E-state index contributed by atoms with van der Waals surface area (Å²) < 4.78 is 13.4. The van der Waals surface area contributed by atoms with E-state index in [2.05, 4.69) is 35.6 Å². The van der Waals surface area contributed by atoms with Gasteiger partial charge in [-0.25, -0.2) is 4.39 Å². The number of nitrogens with two attached hydrogens (primary N) is 2. The summed E-state index contributed by atoms with van der Waals surface area (Å²) in [5, 5.41) is 21.0. The second kappa shape index (κ2) is 22.2. The van der Waals surface area contributed by atoms with Crippen LogP contribution in [0.15, 0.2) is 36.4 Å². The summed E-state index contributed by atoms with van der Waals surface area (Å²) in [5.41, 5.74) is 20.5. The normalized spacial score (nSPS) is 13.5. The van der Waals surface area contributed by atoms with Gasteiger partial charge < -0.3 is 21.7 Å². The number of rotatable bonds is 14. The Bertz CT molecular complexity index is 1280. The Morgan fingerprint density at radius 2 is 1.17 bits per heavy atom. The maximum Gasteiger partial charge on any atom is 0.271 e. The van der Waals surface area contributed by atoms with Crippen LogP contribution in [0, 0.1) is 12.7 Å². The summed E-state index contributed by atoms with van der Waals surface area (Å²) >= 11 is 15.1. The molecule has 0 saturated heterocycles. The van der Waals surface area contributed by atoms with Gasteiger partial charge in [0.05, 0.1) is 15.6 Å². The molecule has 2 rings (SSSR count). The summed E-state index contributed by atoms with van der Waals surface area (Å²) in [7, 11) is 0. The quantitative estimate of drug-likeness (QED) is 0.132. The largest absolute Gasteiger partial charge is 0.382 e. The second-order valence-electron chi connectivity index (χ2n) is 11.0. The molecule has 2 unspecified atom stereocenters. The van der Waals surface area contributed by atoms with Crippen LogP contribution >= 0.6 is 46.7 Å². The molecule has 0 aliphatic rings. The number of thioether (sulfide) groups is 2. The van der Waals surface area contributed by atoms with E-state index in [1.165, 1.54) is 37.3 Å². The minimum absolute atomic E-state index is 0.0777. The van der Waals surface area contributed by atoms with Crippen LogP contribution in [-0.4, -0.2) is 80.1 Å². The fraction of sp³-hybridized carbons (Fsp3) is 0.484. The van der Waals surface area contributed by atoms with Gasteiger partial charge in [-0.1, -0.05) is 63.0 Å². The summed E-state index contributed by atoms with van der Waals surface area (Å²) in [6.07, 6.45) is -1.92. The van der Waals surface area contributed by atoms with Crippen molar-refractivity contribution in [3.05, 3.63) is 69.0 Å². The predicted molar refractivity (Wildman–Crippen MR) is 191 cm³/mol. The molecule has 0 bridgehead atoms. The van der Waals surface area contributed by atoms with Crippen molar-refractivity contribution in [2.45, 2.75) is 82.3 Å². The first-order chi connectivity index (χ1) is 22.5. The number of hydrogen-bond donors (Lipinski definition) is 8. The van der Waals surface area contributed by atoms with Crippen LogP contribution < -0.4 is 33.2 Å². The van der Waals surface area contributed by atoms with Crippen LogP contribution in [0.3, 0.4) is 0 Å². The highest BCUT2D eigenvalue weighted by molar-refractivity contribution is 8.00. The third kappa shape index (κ3) is 15.3. The molecule has 0 aliphatic heterocycles. The summed E-state index contributed by atoms with van der Waals surface area (Å²) in [4.78, 5) is 47.6. The lowest BCUT2D eigenvalue weighted by atomic mass is 10.1. The number of hydrazine groups is 2. The Morgan fingerprint density at radius 3 is 1.62 bits per heavy atom. The molecule has 2 aromatic rings. The van der Waals surface area contributed by atoms with Gasteiger partial charge >= 0.3 is 0 Å². The smallest absolute Gasteiger partial charge is 0.271 e. The Kier molecular flexibility index (Phi) is 20.0. The molecule has 48 heavy (non-hydrogen) atoms. The van der Waals surface area contributed by atoms with E-state index in [1.807, 2.05) is 13.8 Å². The van der Waals surface area contributed by atoms with E-state index in [4.69, 9.17) is 34.7 Å². The molecule has 0 aromatic heterocycles. The number of amides is 4. The molecule has 268 valence electrons. The molecule has 0 heterocycles. The number of benzene rings is 2. The van der Waals surface area contributed by atoms with Crippen molar-refractivity contribution in [2.24, 2.45) is 11.5 Å². The maximum absolute atomic E-state index is 13.4. The topological polar surface area (TPSA) is 209 Å². The van der Waals surface area contributed by atoms with Gasteiger partial charge in [0.2, 0.25) is 0 Å². The van der Waals surface area contributed by atoms with Gasteiger partial charge in [0.25, 0.3) is 23.6 Å². The van der Waals surface area contributed by atoms with Crippen molar-refractivity contribution in [1.82, 2.24) is 21.7 Å². The number of carbonyl (C=O) groups excluding carboxylic acids is 4. The lowest BCUT2D eigenvalue weighted by molar-refractivity contribution is -0.131. The molecule has 4 amide bonds. The van der Waals surface area contributed by atoms with Crippen molar-refractivity contribution in [3.8, 4) is 0 Å². The van der Waals surface area contributed by atoms with Crippen molar-refractivity contribution >= 4 is 70.4 Å². The minimum Gasteiger partial charge on any atom is -0.382 e. The molecule has 0 aliphatic carbocycles. The predicted octanol–water partition coefficient (Wildman–Crippen LogP) is 3.09. The fourth-order valence-electron chi connectivity index (χ4n) is 3.64. The molecule has 0 saturated carbocycles. The Labute approximate surface area is 299 Å². The standard InChI is InChI=1S/C16H24FN3O3S.C15H21Cl2N3O3S/c1-9(2)24-8-7-13(18)14(21)16(23)20-19-15(22)11-5-4-6-12(17)10(11)3;1-8(2)24-7-6-11(18)13(21)15(23)20-19-14(22)9-4-3-5-10(16)12(9)17/h4-6,9,13-14,21H,7-8,18H2,1-3H3,(H,19,22)(H,20,23);3-5,8,11,13,21H,6-7,18H2,1-2H3,(H,19,22)(H,20,23)/t13-,14?;11-,13?/m11/s1. The molecule has 4 atom stereocenters. The second-order valence-corrected chi connectivity index (χ2v) is 15.2. The third-order valence-electron chi connectivity index (χ3n) is 6.46. The lowest BCUT2D eigenvalue weighted by Crippen LogP contribution is -2.52. The van der Waals surface area contributed by atoms with Crippen molar-refractivity contribution in [2.75, 3.05) is 11.5 Å². The van der Waals surface area contributed by atoms with Crippen LogP contribution in [0.1, 0.15) is 66.8 Å². The minimum atomic E-state index is -1.44. The van der Waals surface area contributed by atoms with Gasteiger partial charge in [0, 0.05) is 17.6 Å². The molecular formula is C31H45Cl2FN6O6S2. The SMILES string of the molecule is CC(C)SCC[C@@H](N)C(O)C(=O)NNC(=O)c1cccc(Cl)c1Cl.Cc1c(F)cccc1C(=O)NNC(=O)C(O)[C@H](N)CCSC(C)C. The van der Waals surface area contributed by atoms with Gasteiger partial charge in [-0.3, -0.25) is 40.9 Å². The first-order valence-corrected chi connectivity index (χ1v) is 17.8. The van der Waals surface area contributed by atoms with Gasteiger partial charge in [-0.15, -0.1) is 0 Å². The van der Waals surface area contributed by atoms with E-state index in [-0.39, 0.29) is 26.7 Å². The van der Waals surface area contributed by atoms with E-state index >= 15 is 0 Å². The van der Waals surface area contributed by atoms with Gasteiger partial charge in [-0.05, 0) is 71.6 Å². The number of nitrogens with one attached hydrogen (secondary N) is 4. The van der Waals surface area contributed by atoms with E-state index in [0.29, 0.717) is 23.3 Å². The number of carbonyl (C=O) groups is 4. The lowest BCUT2D eigenvalue weighted by Gasteiger charge is -2.19. The highest BCUT2D eigenvalue weighted by Crippen LogP contribution is 2.25. The number of aliphatic hydroxyl groups excluding tert-OH is 2. The molecule has 12 nitrogen and oxygen atoms in total. The Hall–Kier alpha value is -2.63. The van der Waals surface area contributed by atoms with Gasteiger partial charge in [0.1, 0.15) is 18.0 Å². The third-order valence-corrected chi connectivity index (χ3v) is 9.56. The van der Waals surface area contributed by atoms with Gasteiger partial charge in [-0.2, -0.15) is 23.5 Å². The number of aliphatic hydroxyl groups is 2. The number of hydrogen-bond acceptors (Lipinski definition) is 10. The summed E-state index contributed by atoms with van der Waals surface area (Å²) in [6.45, 7) is 9.65. The summed E-state index contributed by atoms with van der Waals surface area (Å²) in [6, 6.07) is 7.18. The van der Waals surface area contributed by atoms with Crippen LogP contribution in [0.25, 0.3) is 0 Å². The van der Waals surface area contributed by atoms with Crippen LogP contribution in [0.2, 0.25) is 10.0 Å². The van der Waals surface area contributed by atoms with Crippen molar-refractivity contribution in [3.63, 3.8) is 0 Å². The van der Waals surface area contributed by atoms with Crippen LogP contribution in [0.5, 0.6) is 0 Å². The Balaban J connectivity index is 0.000000480. The zero-order valence-electron chi connectivity index (χ0n) is 27.4. The molecule has 10 N–H and O–H groups in total. The zero-order valence-corrected chi connectivity index (χ0v) is 30.5. The molecule has 0 radical (unpaired) electrons. The molecule has 17 heteroatoms. The molecule has 0 fully saturated rings. The first kappa shape index (κ1) is 43.4. The fourth-order valence-corrected chi connectivity index (χ4v) is 5.78. The van der Waals surface area contributed by atoms with Crippen LogP contribution in [0.4, 0.5) is 4.39 Å². The molecule has 2 aromatic carbocycles. The van der Waals surface area contributed by atoms with Crippen LogP contribution in [-0.2, 0) is 9.59 Å². The van der Waals surface area contributed by atoms with Gasteiger partial charge in [0.15, 0.2) is 0 Å². The monoisotopic (exact) mass is 750 g/mol. The average molecular weight is 752 g/mol.